The van der Waals surface area contributed by atoms with Crippen LogP contribution in [0.1, 0.15) is 12.2 Å². The minimum atomic E-state index is 0.157. The van der Waals surface area contributed by atoms with Gasteiger partial charge in [-0.05, 0) is 25.6 Å². The molecule has 4 nitrogen and oxygen atoms in total. The van der Waals surface area contributed by atoms with E-state index in [-0.39, 0.29) is 6.04 Å². The fourth-order valence-electron chi connectivity index (χ4n) is 1.49. The summed E-state index contributed by atoms with van der Waals surface area (Å²) in [5, 5.41) is 0. The van der Waals surface area contributed by atoms with Gasteiger partial charge in [0.25, 0.3) is 0 Å². The highest BCUT2D eigenvalue weighted by Gasteiger charge is 2.08. The van der Waals surface area contributed by atoms with Crippen molar-refractivity contribution in [1.82, 2.24) is 4.90 Å². The molecule has 1 atom stereocenters. The van der Waals surface area contributed by atoms with Gasteiger partial charge in [0, 0.05) is 26.3 Å². The van der Waals surface area contributed by atoms with Crippen molar-refractivity contribution >= 4 is 0 Å². The van der Waals surface area contributed by atoms with Gasteiger partial charge in [0.1, 0.15) is 5.76 Å². The van der Waals surface area contributed by atoms with Crippen molar-refractivity contribution in [1.29, 1.82) is 0 Å². The second-order valence-corrected chi connectivity index (χ2v) is 3.82. The Balaban J connectivity index is 2.20. The second-order valence-electron chi connectivity index (χ2n) is 3.82. The lowest BCUT2D eigenvalue weighted by Gasteiger charge is -2.19. The average molecular weight is 212 g/mol. The standard InChI is InChI=1S/C11H20N2O2/c1-13(8-10(12)5-7-14-2)9-11-4-3-6-15-11/h3-4,6,10H,5,7-9,12H2,1-2H3. The SMILES string of the molecule is COCCC(N)CN(C)Cc1ccco1. The Hall–Kier alpha value is -0.840. The van der Waals surface area contributed by atoms with Crippen LogP contribution in [-0.2, 0) is 11.3 Å². The summed E-state index contributed by atoms with van der Waals surface area (Å²) >= 11 is 0. The van der Waals surface area contributed by atoms with Gasteiger partial charge in [-0.25, -0.2) is 0 Å². The molecule has 1 aromatic rings. The van der Waals surface area contributed by atoms with Gasteiger partial charge in [-0.3, -0.25) is 4.90 Å². The molecule has 15 heavy (non-hydrogen) atoms. The number of likely N-dealkylation sites (N-methyl/N-ethyl adjacent to an activating group) is 1. The Kier molecular flexibility index (Phi) is 5.39. The van der Waals surface area contributed by atoms with E-state index in [1.807, 2.05) is 19.2 Å². The van der Waals surface area contributed by atoms with Crippen LogP contribution in [0.5, 0.6) is 0 Å². The Labute approximate surface area is 91.0 Å². The van der Waals surface area contributed by atoms with Crippen molar-refractivity contribution in [2.45, 2.75) is 19.0 Å². The molecule has 4 heteroatoms. The third-order valence-electron chi connectivity index (χ3n) is 2.24. The van der Waals surface area contributed by atoms with Crippen molar-refractivity contribution < 1.29 is 9.15 Å². The van der Waals surface area contributed by atoms with Gasteiger partial charge >= 0.3 is 0 Å². The third-order valence-corrected chi connectivity index (χ3v) is 2.24. The van der Waals surface area contributed by atoms with Gasteiger partial charge in [0.15, 0.2) is 0 Å². The van der Waals surface area contributed by atoms with Crippen molar-refractivity contribution in [3.05, 3.63) is 24.2 Å². The fraction of sp³-hybridized carbons (Fsp3) is 0.636. The number of methoxy groups -OCH3 is 1. The van der Waals surface area contributed by atoms with Crippen LogP contribution >= 0.6 is 0 Å². The number of nitrogens with two attached hydrogens (primary N) is 1. The molecular formula is C11H20N2O2. The van der Waals surface area contributed by atoms with Crippen molar-refractivity contribution in [2.75, 3.05) is 27.3 Å². The van der Waals surface area contributed by atoms with Crippen LogP contribution in [-0.4, -0.2) is 38.3 Å². The molecule has 1 rings (SSSR count). The molecule has 0 saturated carbocycles. The summed E-state index contributed by atoms with van der Waals surface area (Å²) in [5.74, 6) is 0.969. The first kappa shape index (κ1) is 12.2. The van der Waals surface area contributed by atoms with Gasteiger partial charge in [-0.2, -0.15) is 0 Å². The van der Waals surface area contributed by atoms with Gasteiger partial charge < -0.3 is 14.9 Å². The molecule has 0 bridgehead atoms. The van der Waals surface area contributed by atoms with E-state index in [1.165, 1.54) is 0 Å². The molecule has 0 aliphatic rings. The van der Waals surface area contributed by atoms with Crippen molar-refractivity contribution in [3.63, 3.8) is 0 Å². The number of furan rings is 1. The topological polar surface area (TPSA) is 51.6 Å². The zero-order valence-electron chi connectivity index (χ0n) is 9.48. The van der Waals surface area contributed by atoms with Crippen molar-refractivity contribution in [2.24, 2.45) is 5.73 Å². The molecule has 1 unspecified atom stereocenters. The van der Waals surface area contributed by atoms with E-state index in [4.69, 9.17) is 14.9 Å². The quantitative estimate of drug-likeness (QED) is 0.734. The Morgan fingerprint density at radius 1 is 1.60 bits per heavy atom. The largest absolute Gasteiger partial charge is 0.468 e. The maximum Gasteiger partial charge on any atom is 0.117 e. The van der Waals surface area contributed by atoms with E-state index >= 15 is 0 Å². The van der Waals surface area contributed by atoms with E-state index in [2.05, 4.69) is 4.90 Å². The highest BCUT2D eigenvalue weighted by Crippen LogP contribution is 2.04. The lowest BCUT2D eigenvalue weighted by atomic mass is 10.2. The van der Waals surface area contributed by atoms with E-state index in [9.17, 15) is 0 Å². The molecule has 0 fully saturated rings. The minimum absolute atomic E-state index is 0.157. The zero-order valence-corrected chi connectivity index (χ0v) is 9.48. The molecule has 0 aliphatic carbocycles. The molecule has 86 valence electrons. The maximum absolute atomic E-state index is 5.94. The number of nitrogens with zero attached hydrogens (tertiary/aromatic N) is 1. The molecule has 1 aromatic heterocycles. The van der Waals surface area contributed by atoms with Crippen LogP contribution in [0.2, 0.25) is 0 Å². The predicted octanol–water partition coefficient (Wildman–Crippen LogP) is 1.08. The molecule has 0 aliphatic heterocycles. The minimum Gasteiger partial charge on any atom is -0.468 e. The summed E-state index contributed by atoms with van der Waals surface area (Å²) in [5.41, 5.74) is 5.94. The summed E-state index contributed by atoms with van der Waals surface area (Å²) < 4.78 is 10.2. The molecule has 0 radical (unpaired) electrons. The first-order valence-corrected chi connectivity index (χ1v) is 5.18. The molecule has 0 aromatic carbocycles. The third kappa shape index (κ3) is 4.97. The van der Waals surface area contributed by atoms with E-state index < -0.39 is 0 Å². The first-order chi connectivity index (χ1) is 7.22. The second kappa shape index (κ2) is 6.61. The van der Waals surface area contributed by atoms with Crippen LogP contribution in [0.3, 0.4) is 0 Å². The summed E-state index contributed by atoms with van der Waals surface area (Å²) in [4.78, 5) is 2.15. The summed E-state index contributed by atoms with van der Waals surface area (Å²) in [6.45, 7) is 2.37. The number of hydrogen-bond acceptors (Lipinski definition) is 4. The molecule has 2 N–H and O–H groups in total. The zero-order chi connectivity index (χ0) is 11.1. The molecule has 1 heterocycles. The Morgan fingerprint density at radius 2 is 2.40 bits per heavy atom. The van der Waals surface area contributed by atoms with Crippen LogP contribution in [0, 0.1) is 0 Å². The molecular weight excluding hydrogens is 192 g/mol. The van der Waals surface area contributed by atoms with E-state index in [0.717, 1.165) is 31.9 Å². The predicted molar refractivity (Wildman–Crippen MR) is 59.5 cm³/mol. The lowest BCUT2D eigenvalue weighted by Crippen LogP contribution is -2.35. The first-order valence-electron chi connectivity index (χ1n) is 5.18. The summed E-state index contributed by atoms with van der Waals surface area (Å²) in [6.07, 6.45) is 2.58. The van der Waals surface area contributed by atoms with Gasteiger partial charge in [0.05, 0.1) is 12.8 Å². The number of rotatable bonds is 7. The Bertz CT molecular complexity index is 249. The van der Waals surface area contributed by atoms with E-state index in [1.54, 1.807) is 13.4 Å². The molecule has 0 saturated heterocycles. The fourth-order valence-corrected chi connectivity index (χ4v) is 1.49. The maximum atomic E-state index is 5.94. The average Bonchev–Trinajstić information content (AvgIpc) is 2.67. The highest BCUT2D eigenvalue weighted by atomic mass is 16.5. The molecule has 0 spiro atoms. The summed E-state index contributed by atoms with van der Waals surface area (Å²) in [6, 6.07) is 4.02. The molecule has 0 amide bonds. The highest BCUT2D eigenvalue weighted by molar-refractivity contribution is 4.97. The van der Waals surface area contributed by atoms with Crippen LogP contribution in [0.25, 0.3) is 0 Å². The normalized spacial score (nSPS) is 13.3. The number of ether oxygens (including phenoxy) is 1. The van der Waals surface area contributed by atoms with Gasteiger partial charge in [-0.15, -0.1) is 0 Å². The monoisotopic (exact) mass is 212 g/mol. The van der Waals surface area contributed by atoms with Gasteiger partial charge in [-0.1, -0.05) is 0 Å². The van der Waals surface area contributed by atoms with Crippen molar-refractivity contribution in [3.8, 4) is 0 Å². The van der Waals surface area contributed by atoms with Gasteiger partial charge in [0.2, 0.25) is 0 Å². The smallest absolute Gasteiger partial charge is 0.117 e. The van der Waals surface area contributed by atoms with Crippen LogP contribution in [0.15, 0.2) is 22.8 Å². The summed E-state index contributed by atoms with van der Waals surface area (Å²) in [7, 11) is 3.73. The lowest BCUT2D eigenvalue weighted by molar-refractivity contribution is 0.177. The Morgan fingerprint density at radius 3 is 3.00 bits per heavy atom. The van der Waals surface area contributed by atoms with Crippen LogP contribution < -0.4 is 5.73 Å². The van der Waals surface area contributed by atoms with E-state index in [0.29, 0.717) is 0 Å². The number of hydrogen-bond donors (Lipinski definition) is 1. The van der Waals surface area contributed by atoms with Crippen LogP contribution in [0.4, 0.5) is 0 Å².